The van der Waals surface area contributed by atoms with Crippen LogP contribution in [0, 0.1) is 12.8 Å². The Morgan fingerprint density at radius 3 is 2.63 bits per heavy atom. The van der Waals surface area contributed by atoms with E-state index in [4.69, 9.17) is 0 Å². The molecular formula is C17H25NS. The summed E-state index contributed by atoms with van der Waals surface area (Å²) in [5.41, 5.74) is 3.05. The minimum atomic E-state index is 0.777. The molecule has 104 valence electrons. The van der Waals surface area contributed by atoms with Crippen LogP contribution in [0.4, 0.5) is 0 Å². The number of hydrogen-bond acceptors (Lipinski definition) is 2. The largest absolute Gasteiger partial charge is 0.314 e. The van der Waals surface area contributed by atoms with Crippen LogP contribution in [-0.2, 0) is 0 Å². The van der Waals surface area contributed by atoms with Gasteiger partial charge >= 0.3 is 0 Å². The molecule has 0 radical (unpaired) electrons. The molecule has 1 saturated carbocycles. The second-order valence-electron chi connectivity index (χ2n) is 6.19. The summed E-state index contributed by atoms with van der Waals surface area (Å²) in [6, 6.07) is 9.67. The molecule has 1 aliphatic heterocycles. The summed E-state index contributed by atoms with van der Waals surface area (Å²) < 4.78 is 0. The first-order valence-electron chi connectivity index (χ1n) is 7.69. The molecule has 0 bridgehead atoms. The minimum absolute atomic E-state index is 0.777. The van der Waals surface area contributed by atoms with Gasteiger partial charge in [0.15, 0.2) is 0 Å². The van der Waals surface area contributed by atoms with Gasteiger partial charge in [0.1, 0.15) is 0 Å². The van der Waals surface area contributed by atoms with E-state index in [2.05, 4.69) is 48.3 Å². The number of hydrogen-bond donors (Lipinski definition) is 1. The van der Waals surface area contributed by atoms with E-state index >= 15 is 0 Å². The second kappa shape index (κ2) is 6.32. The topological polar surface area (TPSA) is 12.0 Å². The van der Waals surface area contributed by atoms with Gasteiger partial charge in [-0.1, -0.05) is 24.3 Å². The zero-order chi connectivity index (χ0) is 13.1. The molecule has 1 aromatic carbocycles. The molecule has 0 amide bonds. The van der Waals surface area contributed by atoms with Crippen LogP contribution >= 0.6 is 11.8 Å². The first kappa shape index (κ1) is 13.5. The highest BCUT2D eigenvalue weighted by atomic mass is 32.2. The fourth-order valence-electron chi connectivity index (χ4n) is 3.37. The van der Waals surface area contributed by atoms with Crippen molar-refractivity contribution < 1.29 is 0 Å². The van der Waals surface area contributed by atoms with E-state index in [1.165, 1.54) is 49.3 Å². The zero-order valence-corrected chi connectivity index (χ0v) is 12.7. The Morgan fingerprint density at radius 1 is 1.16 bits per heavy atom. The number of thioether (sulfide) groups is 1. The van der Waals surface area contributed by atoms with Crippen LogP contribution in [0.15, 0.2) is 24.3 Å². The lowest BCUT2D eigenvalue weighted by molar-refractivity contribution is 0.271. The highest BCUT2D eigenvalue weighted by Crippen LogP contribution is 2.38. The van der Waals surface area contributed by atoms with Crippen molar-refractivity contribution >= 4 is 11.8 Å². The van der Waals surface area contributed by atoms with Crippen molar-refractivity contribution in [3.8, 4) is 0 Å². The van der Waals surface area contributed by atoms with E-state index in [1.54, 1.807) is 5.56 Å². The fourth-order valence-corrected chi connectivity index (χ4v) is 4.57. The van der Waals surface area contributed by atoms with Crippen LogP contribution in [0.3, 0.4) is 0 Å². The lowest BCUT2D eigenvalue weighted by Crippen LogP contribution is -2.42. The van der Waals surface area contributed by atoms with E-state index in [0.29, 0.717) is 0 Å². The van der Waals surface area contributed by atoms with Gasteiger partial charge in [0.25, 0.3) is 0 Å². The maximum Gasteiger partial charge on any atom is 0.00788 e. The molecule has 0 aromatic heterocycles. The first-order chi connectivity index (χ1) is 9.33. The molecule has 0 spiro atoms. The van der Waals surface area contributed by atoms with E-state index < -0.39 is 0 Å². The van der Waals surface area contributed by atoms with E-state index in [9.17, 15) is 0 Å². The number of rotatable bonds is 4. The Morgan fingerprint density at radius 2 is 1.89 bits per heavy atom. The molecule has 0 unspecified atom stereocenters. The van der Waals surface area contributed by atoms with Crippen LogP contribution < -0.4 is 5.32 Å². The standard InChI is InChI=1S/C17H25NS/c1-13-4-2-3-5-17(13)15-10-16(11-15)18-12-14-6-8-19-9-7-14/h2-5,14-16,18H,6-12H2,1H3. The van der Waals surface area contributed by atoms with Crippen LogP contribution in [0.1, 0.15) is 42.7 Å². The maximum atomic E-state index is 3.80. The van der Waals surface area contributed by atoms with Gasteiger partial charge in [0.05, 0.1) is 0 Å². The number of benzene rings is 1. The molecule has 1 nitrogen and oxygen atoms in total. The average Bonchev–Trinajstić information content (AvgIpc) is 2.40. The summed E-state index contributed by atoms with van der Waals surface area (Å²) in [4.78, 5) is 0. The Hall–Kier alpha value is -0.470. The van der Waals surface area contributed by atoms with Crippen molar-refractivity contribution in [3.05, 3.63) is 35.4 Å². The smallest absolute Gasteiger partial charge is 0.00788 e. The highest BCUT2D eigenvalue weighted by molar-refractivity contribution is 7.99. The molecule has 19 heavy (non-hydrogen) atoms. The van der Waals surface area contributed by atoms with E-state index in [1.807, 2.05) is 0 Å². The normalized spacial score (nSPS) is 28.1. The van der Waals surface area contributed by atoms with E-state index in [0.717, 1.165) is 17.9 Å². The highest BCUT2D eigenvalue weighted by Gasteiger charge is 2.31. The molecule has 1 saturated heterocycles. The van der Waals surface area contributed by atoms with Crippen LogP contribution in [0.25, 0.3) is 0 Å². The van der Waals surface area contributed by atoms with Crippen LogP contribution in [-0.4, -0.2) is 24.1 Å². The Balaban J connectivity index is 1.42. The van der Waals surface area contributed by atoms with Crippen LogP contribution in [0.5, 0.6) is 0 Å². The third-order valence-corrected chi connectivity index (χ3v) is 5.85. The number of aryl methyl sites for hydroxylation is 1. The minimum Gasteiger partial charge on any atom is -0.314 e. The maximum absolute atomic E-state index is 3.80. The summed E-state index contributed by atoms with van der Waals surface area (Å²) in [5, 5.41) is 3.80. The molecule has 2 fully saturated rings. The van der Waals surface area contributed by atoms with Gasteiger partial charge in [0.2, 0.25) is 0 Å². The van der Waals surface area contributed by atoms with Gasteiger partial charge in [-0.15, -0.1) is 0 Å². The lowest BCUT2D eigenvalue weighted by atomic mass is 9.74. The molecular weight excluding hydrogens is 250 g/mol. The van der Waals surface area contributed by atoms with Crippen molar-refractivity contribution in [2.45, 2.75) is 44.6 Å². The van der Waals surface area contributed by atoms with Crippen molar-refractivity contribution in [1.82, 2.24) is 5.32 Å². The van der Waals surface area contributed by atoms with Crippen LogP contribution in [0.2, 0.25) is 0 Å². The van der Waals surface area contributed by atoms with Crippen molar-refractivity contribution in [2.24, 2.45) is 5.92 Å². The van der Waals surface area contributed by atoms with Gasteiger partial charge in [-0.3, -0.25) is 0 Å². The SMILES string of the molecule is Cc1ccccc1C1CC(NCC2CCSCC2)C1. The summed E-state index contributed by atoms with van der Waals surface area (Å²) in [6.07, 6.45) is 5.52. The van der Waals surface area contributed by atoms with Gasteiger partial charge < -0.3 is 5.32 Å². The summed E-state index contributed by atoms with van der Waals surface area (Å²) in [5.74, 6) is 4.51. The zero-order valence-electron chi connectivity index (χ0n) is 11.9. The second-order valence-corrected chi connectivity index (χ2v) is 7.41. The molecule has 2 heteroatoms. The molecule has 0 atom stereocenters. The van der Waals surface area contributed by atoms with Crippen molar-refractivity contribution in [3.63, 3.8) is 0 Å². The van der Waals surface area contributed by atoms with Gasteiger partial charge in [-0.2, -0.15) is 11.8 Å². The molecule has 1 aliphatic carbocycles. The van der Waals surface area contributed by atoms with Crippen molar-refractivity contribution in [1.29, 1.82) is 0 Å². The lowest BCUT2D eigenvalue weighted by Gasteiger charge is -2.38. The molecule has 1 N–H and O–H groups in total. The van der Waals surface area contributed by atoms with Gasteiger partial charge in [-0.05, 0) is 73.6 Å². The molecule has 3 rings (SSSR count). The predicted molar refractivity (Wildman–Crippen MR) is 85.0 cm³/mol. The third kappa shape index (κ3) is 3.35. The molecule has 2 aliphatic rings. The summed E-state index contributed by atoms with van der Waals surface area (Å²) in [6.45, 7) is 3.50. The van der Waals surface area contributed by atoms with Gasteiger partial charge in [0, 0.05) is 6.04 Å². The van der Waals surface area contributed by atoms with E-state index in [-0.39, 0.29) is 0 Å². The van der Waals surface area contributed by atoms with Gasteiger partial charge in [-0.25, -0.2) is 0 Å². The Bertz CT molecular complexity index is 405. The summed E-state index contributed by atoms with van der Waals surface area (Å²) >= 11 is 2.12. The first-order valence-corrected chi connectivity index (χ1v) is 8.85. The average molecular weight is 275 g/mol. The number of nitrogens with one attached hydrogen (secondary N) is 1. The Kier molecular flexibility index (Phi) is 4.49. The predicted octanol–water partition coefficient (Wildman–Crippen LogP) is 3.97. The molecule has 1 heterocycles. The quantitative estimate of drug-likeness (QED) is 0.892. The third-order valence-electron chi connectivity index (χ3n) is 4.80. The summed E-state index contributed by atoms with van der Waals surface area (Å²) in [7, 11) is 0. The Labute approximate surface area is 121 Å². The monoisotopic (exact) mass is 275 g/mol. The van der Waals surface area contributed by atoms with Crippen molar-refractivity contribution in [2.75, 3.05) is 18.1 Å². The fraction of sp³-hybridized carbons (Fsp3) is 0.647. The molecule has 1 aromatic rings.